The zero-order chi connectivity index (χ0) is 23.0. The number of benzene rings is 3. The lowest BCUT2D eigenvalue weighted by Gasteiger charge is -2.30. The minimum atomic E-state index is -4.80. The lowest BCUT2D eigenvalue weighted by Crippen LogP contribution is -2.36. The summed E-state index contributed by atoms with van der Waals surface area (Å²) in [6.07, 6.45) is -4.75. The highest BCUT2D eigenvalue weighted by Crippen LogP contribution is 2.38. The Morgan fingerprint density at radius 1 is 1.06 bits per heavy atom. The van der Waals surface area contributed by atoms with E-state index in [1.807, 2.05) is 0 Å². The lowest BCUT2D eigenvalue weighted by atomic mass is 9.88. The molecule has 164 valence electrons. The van der Waals surface area contributed by atoms with E-state index in [0.29, 0.717) is 33.8 Å². The number of hydrogen-bond acceptors (Lipinski definition) is 2. The first-order valence-corrected chi connectivity index (χ1v) is 9.86. The van der Waals surface area contributed by atoms with Gasteiger partial charge in [0.1, 0.15) is 5.82 Å². The van der Waals surface area contributed by atoms with Gasteiger partial charge in [-0.05, 0) is 41.5 Å². The normalized spacial score (nSPS) is 15.7. The zero-order valence-electron chi connectivity index (χ0n) is 16.3. The summed E-state index contributed by atoms with van der Waals surface area (Å²) in [7, 11) is 0. The average Bonchev–Trinajstić information content (AvgIpc) is 2.72. The van der Waals surface area contributed by atoms with Gasteiger partial charge in [-0.2, -0.15) is 13.2 Å². The Morgan fingerprint density at radius 2 is 1.81 bits per heavy atom. The number of amides is 2. The van der Waals surface area contributed by atoms with Crippen molar-refractivity contribution in [3.63, 3.8) is 0 Å². The second-order valence-electron chi connectivity index (χ2n) is 7.26. The van der Waals surface area contributed by atoms with Crippen LogP contribution < -0.4 is 10.6 Å². The van der Waals surface area contributed by atoms with E-state index >= 15 is 0 Å². The van der Waals surface area contributed by atoms with Crippen molar-refractivity contribution in [3.8, 4) is 0 Å². The second kappa shape index (κ2) is 8.27. The third-order valence-electron chi connectivity index (χ3n) is 5.09. The van der Waals surface area contributed by atoms with Crippen LogP contribution in [0.15, 0.2) is 60.7 Å². The van der Waals surface area contributed by atoms with E-state index in [9.17, 15) is 27.2 Å². The third kappa shape index (κ3) is 4.31. The molecule has 0 bridgehead atoms. The molecule has 1 heterocycles. The summed E-state index contributed by atoms with van der Waals surface area (Å²) < 4.78 is 52.8. The number of fused-ring (bicyclic) bond motifs is 1. The Bertz CT molecular complexity index is 1230. The van der Waals surface area contributed by atoms with Crippen molar-refractivity contribution < 1.29 is 27.2 Å². The minimum Gasteiger partial charge on any atom is -0.345 e. The second-order valence-corrected chi connectivity index (χ2v) is 7.66. The van der Waals surface area contributed by atoms with Gasteiger partial charge in [0.25, 0.3) is 5.91 Å². The van der Waals surface area contributed by atoms with Crippen molar-refractivity contribution in [2.75, 3.05) is 5.32 Å². The molecule has 1 aliphatic rings. The number of alkyl halides is 3. The smallest absolute Gasteiger partial charge is 0.345 e. The molecule has 3 aromatic carbocycles. The molecular formula is C23H15ClF4N2O2. The van der Waals surface area contributed by atoms with E-state index in [2.05, 4.69) is 10.6 Å². The molecule has 9 heteroatoms. The van der Waals surface area contributed by atoms with Crippen LogP contribution in [0.5, 0.6) is 0 Å². The van der Waals surface area contributed by atoms with Crippen LogP contribution >= 0.6 is 11.6 Å². The Kier molecular flexibility index (Phi) is 5.64. The summed E-state index contributed by atoms with van der Waals surface area (Å²) in [6.45, 7) is 0. The van der Waals surface area contributed by atoms with Crippen LogP contribution in [-0.4, -0.2) is 11.8 Å². The standard InChI is InChI=1S/C23H15ClF4N2O2/c24-17-6-2-1-5-16(17)21-20-12(10-19(31)30-21)4-3-7-18(20)29-22(32)13-8-14(23(26,27)28)11-15(25)9-13/h1-9,11,21H,10H2,(H,29,32)(H,30,31). The quantitative estimate of drug-likeness (QED) is 0.504. The number of carbonyl (C=O) groups is 2. The van der Waals surface area contributed by atoms with Crippen LogP contribution in [0.4, 0.5) is 23.2 Å². The van der Waals surface area contributed by atoms with Crippen molar-refractivity contribution in [2.24, 2.45) is 0 Å². The highest BCUT2D eigenvalue weighted by Gasteiger charge is 2.33. The van der Waals surface area contributed by atoms with Crippen LogP contribution in [-0.2, 0) is 17.4 Å². The molecule has 4 nitrogen and oxygen atoms in total. The highest BCUT2D eigenvalue weighted by molar-refractivity contribution is 6.31. The van der Waals surface area contributed by atoms with Gasteiger partial charge in [0.15, 0.2) is 0 Å². The molecule has 0 aliphatic carbocycles. The van der Waals surface area contributed by atoms with Gasteiger partial charge in [0.05, 0.1) is 18.0 Å². The Balaban J connectivity index is 1.75. The van der Waals surface area contributed by atoms with E-state index in [0.717, 1.165) is 6.07 Å². The van der Waals surface area contributed by atoms with Gasteiger partial charge in [-0.1, -0.05) is 41.9 Å². The average molecular weight is 463 g/mol. The maximum Gasteiger partial charge on any atom is 0.416 e. The summed E-state index contributed by atoms with van der Waals surface area (Å²) in [5, 5.41) is 5.79. The summed E-state index contributed by atoms with van der Waals surface area (Å²) in [6, 6.07) is 12.7. The molecule has 0 saturated carbocycles. The maximum absolute atomic E-state index is 13.8. The first-order valence-electron chi connectivity index (χ1n) is 9.48. The molecule has 1 aliphatic heterocycles. The molecule has 0 spiro atoms. The molecule has 0 saturated heterocycles. The van der Waals surface area contributed by atoms with Gasteiger partial charge in [-0.3, -0.25) is 9.59 Å². The van der Waals surface area contributed by atoms with E-state index < -0.39 is 35.1 Å². The number of halogens is 5. The highest BCUT2D eigenvalue weighted by atomic mass is 35.5. The molecule has 3 aromatic rings. The summed E-state index contributed by atoms with van der Waals surface area (Å²) in [4.78, 5) is 25.0. The molecule has 1 atom stereocenters. The van der Waals surface area contributed by atoms with E-state index in [1.165, 1.54) is 0 Å². The summed E-state index contributed by atoms with van der Waals surface area (Å²) in [5.74, 6) is -2.34. The van der Waals surface area contributed by atoms with E-state index in [4.69, 9.17) is 11.6 Å². The molecule has 1 unspecified atom stereocenters. The maximum atomic E-state index is 13.8. The Hall–Kier alpha value is -3.39. The van der Waals surface area contributed by atoms with Crippen LogP contribution in [0.2, 0.25) is 5.02 Å². The summed E-state index contributed by atoms with van der Waals surface area (Å²) in [5.41, 5.74) is 0.307. The third-order valence-corrected chi connectivity index (χ3v) is 5.44. The number of anilines is 1. The monoisotopic (exact) mass is 462 g/mol. The van der Waals surface area contributed by atoms with E-state index in [1.54, 1.807) is 42.5 Å². The number of hydrogen-bond donors (Lipinski definition) is 2. The van der Waals surface area contributed by atoms with Crippen LogP contribution in [0, 0.1) is 5.82 Å². The Morgan fingerprint density at radius 3 is 2.53 bits per heavy atom. The molecule has 0 fully saturated rings. The molecule has 2 amide bonds. The zero-order valence-corrected chi connectivity index (χ0v) is 17.0. The van der Waals surface area contributed by atoms with Gasteiger partial charge < -0.3 is 10.6 Å². The van der Waals surface area contributed by atoms with Crippen molar-refractivity contribution in [1.29, 1.82) is 0 Å². The Labute approximate surface area is 185 Å². The van der Waals surface area contributed by atoms with Gasteiger partial charge in [-0.25, -0.2) is 4.39 Å². The molecule has 0 aromatic heterocycles. The molecular weight excluding hydrogens is 448 g/mol. The van der Waals surface area contributed by atoms with Gasteiger partial charge in [0.2, 0.25) is 5.91 Å². The molecule has 2 N–H and O–H groups in total. The van der Waals surface area contributed by atoms with Crippen LogP contribution in [0.25, 0.3) is 0 Å². The SMILES string of the molecule is O=C1Cc2cccc(NC(=O)c3cc(F)cc(C(F)(F)F)c3)c2C(c2ccccc2Cl)N1. The number of nitrogens with one attached hydrogen (secondary N) is 2. The summed E-state index contributed by atoms with van der Waals surface area (Å²) >= 11 is 6.32. The van der Waals surface area contributed by atoms with Gasteiger partial charge in [-0.15, -0.1) is 0 Å². The van der Waals surface area contributed by atoms with Crippen molar-refractivity contribution in [2.45, 2.75) is 18.6 Å². The largest absolute Gasteiger partial charge is 0.416 e. The number of rotatable bonds is 3. The van der Waals surface area contributed by atoms with Crippen molar-refractivity contribution >= 4 is 29.1 Å². The fourth-order valence-electron chi connectivity index (χ4n) is 3.70. The predicted octanol–water partition coefficient (Wildman–Crippen LogP) is 5.51. The van der Waals surface area contributed by atoms with Crippen molar-refractivity contribution in [1.82, 2.24) is 5.32 Å². The van der Waals surface area contributed by atoms with Gasteiger partial charge in [0, 0.05) is 21.8 Å². The van der Waals surface area contributed by atoms with Gasteiger partial charge >= 0.3 is 6.18 Å². The molecule has 0 radical (unpaired) electrons. The fraction of sp³-hybridized carbons (Fsp3) is 0.130. The lowest BCUT2D eigenvalue weighted by molar-refractivity contribution is -0.137. The van der Waals surface area contributed by atoms with Crippen LogP contribution in [0.1, 0.15) is 38.7 Å². The van der Waals surface area contributed by atoms with E-state index in [-0.39, 0.29) is 18.0 Å². The fourth-order valence-corrected chi connectivity index (χ4v) is 3.94. The minimum absolute atomic E-state index is 0.0538. The first kappa shape index (κ1) is 21.8. The topological polar surface area (TPSA) is 58.2 Å². The predicted molar refractivity (Wildman–Crippen MR) is 111 cm³/mol. The number of carbonyl (C=O) groups excluding carboxylic acids is 2. The van der Waals surface area contributed by atoms with Crippen molar-refractivity contribution in [3.05, 3.63) is 99.3 Å². The first-order chi connectivity index (χ1) is 15.1. The molecule has 32 heavy (non-hydrogen) atoms. The van der Waals surface area contributed by atoms with Crippen LogP contribution in [0.3, 0.4) is 0 Å². The molecule has 4 rings (SSSR count).